The molecular formula is C13H19N. The summed E-state index contributed by atoms with van der Waals surface area (Å²) in [6.45, 7) is 4.44. The summed E-state index contributed by atoms with van der Waals surface area (Å²) in [6, 6.07) is 10.3. The molecule has 1 unspecified atom stereocenters. The van der Waals surface area contributed by atoms with Gasteiger partial charge in [-0.05, 0) is 37.3 Å². The lowest BCUT2D eigenvalue weighted by Gasteiger charge is -2.13. The first-order valence-electron chi connectivity index (χ1n) is 5.64. The van der Waals surface area contributed by atoms with Crippen LogP contribution in [0.3, 0.4) is 0 Å². The summed E-state index contributed by atoms with van der Waals surface area (Å²) in [5.74, 6) is 0. The van der Waals surface area contributed by atoms with E-state index in [2.05, 4.69) is 43.4 Å². The molecule has 2 rings (SSSR count). The maximum atomic E-state index is 3.61. The van der Waals surface area contributed by atoms with Crippen molar-refractivity contribution < 1.29 is 0 Å². The molecule has 1 N–H and O–H groups in total. The van der Waals surface area contributed by atoms with Crippen LogP contribution in [0.25, 0.3) is 0 Å². The zero-order valence-electron chi connectivity index (χ0n) is 9.09. The molecule has 0 spiro atoms. The van der Waals surface area contributed by atoms with Crippen LogP contribution < -0.4 is 5.32 Å². The summed E-state index contributed by atoms with van der Waals surface area (Å²) >= 11 is 0. The van der Waals surface area contributed by atoms with Crippen molar-refractivity contribution in [2.75, 3.05) is 0 Å². The van der Waals surface area contributed by atoms with Crippen molar-refractivity contribution in [3.05, 3.63) is 35.4 Å². The van der Waals surface area contributed by atoms with Crippen LogP contribution in [0.15, 0.2) is 24.3 Å². The molecule has 1 nitrogen and oxygen atoms in total. The highest BCUT2D eigenvalue weighted by Crippen LogP contribution is 2.24. The summed E-state index contributed by atoms with van der Waals surface area (Å²) in [6.07, 6.45) is 3.85. The van der Waals surface area contributed by atoms with Crippen LogP contribution in [0.5, 0.6) is 0 Å². The van der Waals surface area contributed by atoms with E-state index in [1.54, 1.807) is 0 Å². The van der Waals surface area contributed by atoms with E-state index in [1.807, 2.05) is 0 Å². The third-order valence-electron chi connectivity index (χ3n) is 2.95. The standard InChI is InChI=1S/C13H19N/c1-3-11-4-6-12(7-5-11)10(2)14-13-8-9-13/h4-7,10,13-14H,3,8-9H2,1-2H3. The lowest BCUT2D eigenvalue weighted by Crippen LogP contribution is -2.20. The minimum Gasteiger partial charge on any atom is -0.307 e. The lowest BCUT2D eigenvalue weighted by molar-refractivity contribution is 0.571. The molecule has 0 saturated heterocycles. The Bertz CT molecular complexity index is 285. The van der Waals surface area contributed by atoms with Gasteiger partial charge in [-0.1, -0.05) is 31.2 Å². The highest BCUT2D eigenvalue weighted by molar-refractivity contribution is 5.24. The Labute approximate surface area is 86.5 Å². The van der Waals surface area contributed by atoms with Crippen LogP contribution in [-0.4, -0.2) is 6.04 Å². The average molecular weight is 189 g/mol. The van der Waals surface area contributed by atoms with Gasteiger partial charge < -0.3 is 5.32 Å². The third-order valence-corrected chi connectivity index (χ3v) is 2.95. The molecule has 0 heterocycles. The second kappa shape index (κ2) is 4.14. The van der Waals surface area contributed by atoms with Gasteiger partial charge in [0.25, 0.3) is 0 Å². The molecule has 0 aliphatic heterocycles. The number of benzene rings is 1. The normalized spacial score (nSPS) is 18.1. The quantitative estimate of drug-likeness (QED) is 0.767. The number of hydrogen-bond acceptors (Lipinski definition) is 1. The van der Waals surface area contributed by atoms with Crippen molar-refractivity contribution in [3.63, 3.8) is 0 Å². The fraction of sp³-hybridized carbons (Fsp3) is 0.538. The van der Waals surface area contributed by atoms with E-state index in [4.69, 9.17) is 0 Å². The monoisotopic (exact) mass is 189 g/mol. The molecule has 1 aliphatic carbocycles. The fourth-order valence-electron chi connectivity index (χ4n) is 1.74. The molecule has 1 atom stereocenters. The number of nitrogens with one attached hydrogen (secondary N) is 1. The minimum absolute atomic E-state index is 0.508. The maximum absolute atomic E-state index is 3.61. The molecule has 1 fully saturated rings. The van der Waals surface area contributed by atoms with Crippen LogP contribution in [-0.2, 0) is 6.42 Å². The van der Waals surface area contributed by atoms with E-state index in [-0.39, 0.29) is 0 Å². The fourth-order valence-corrected chi connectivity index (χ4v) is 1.74. The van der Waals surface area contributed by atoms with E-state index < -0.39 is 0 Å². The summed E-state index contributed by atoms with van der Waals surface area (Å²) < 4.78 is 0. The molecule has 1 heteroatoms. The molecule has 0 bridgehead atoms. The summed E-state index contributed by atoms with van der Waals surface area (Å²) in [5, 5.41) is 3.61. The molecular weight excluding hydrogens is 170 g/mol. The second-order valence-electron chi connectivity index (χ2n) is 4.26. The smallest absolute Gasteiger partial charge is 0.0294 e. The Morgan fingerprint density at radius 3 is 2.43 bits per heavy atom. The Kier molecular flexibility index (Phi) is 2.87. The van der Waals surface area contributed by atoms with Gasteiger partial charge in [0.15, 0.2) is 0 Å². The first-order valence-corrected chi connectivity index (χ1v) is 5.64. The Morgan fingerprint density at radius 1 is 1.29 bits per heavy atom. The number of hydrogen-bond donors (Lipinski definition) is 1. The van der Waals surface area contributed by atoms with Crippen molar-refractivity contribution in [2.24, 2.45) is 0 Å². The van der Waals surface area contributed by atoms with Crippen molar-refractivity contribution in [1.29, 1.82) is 0 Å². The van der Waals surface area contributed by atoms with Gasteiger partial charge in [0.1, 0.15) is 0 Å². The molecule has 76 valence electrons. The van der Waals surface area contributed by atoms with E-state index in [9.17, 15) is 0 Å². The van der Waals surface area contributed by atoms with Crippen LogP contribution in [0.1, 0.15) is 43.9 Å². The van der Waals surface area contributed by atoms with Gasteiger partial charge in [0, 0.05) is 12.1 Å². The van der Waals surface area contributed by atoms with Gasteiger partial charge in [-0.15, -0.1) is 0 Å². The maximum Gasteiger partial charge on any atom is 0.0294 e. The molecule has 0 radical (unpaired) electrons. The van der Waals surface area contributed by atoms with Gasteiger partial charge >= 0.3 is 0 Å². The third kappa shape index (κ3) is 2.36. The van der Waals surface area contributed by atoms with Crippen molar-refractivity contribution >= 4 is 0 Å². The van der Waals surface area contributed by atoms with Gasteiger partial charge in [-0.2, -0.15) is 0 Å². The van der Waals surface area contributed by atoms with E-state index in [1.165, 1.54) is 24.0 Å². The predicted molar refractivity (Wildman–Crippen MR) is 60.4 cm³/mol. The number of rotatable bonds is 4. The van der Waals surface area contributed by atoms with Gasteiger partial charge in [0.2, 0.25) is 0 Å². The molecule has 0 aromatic heterocycles. The van der Waals surface area contributed by atoms with E-state index >= 15 is 0 Å². The first kappa shape index (κ1) is 9.72. The van der Waals surface area contributed by atoms with Crippen molar-refractivity contribution in [2.45, 2.75) is 45.2 Å². The van der Waals surface area contributed by atoms with Gasteiger partial charge in [-0.3, -0.25) is 0 Å². The average Bonchev–Trinajstić information content (AvgIpc) is 3.02. The molecule has 0 amide bonds. The number of aryl methyl sites for hydroxylation is 1. The molecule has 1 aliphatic rings. The van der Waals surface area contributed by atoms with Gasteiger partial charge in [-0.25, -0.2) is 0 Å². The highest BCUT2D eigenvalue weighted by Gasteiger charge is 2.22. The molecule has 1 aromatic rings. The lowest BCUT2D eigenvalue weighted by atomic mass is 10.1. The largest absolute Gasteiger partial charge is 0.307 e. The van der Waals surface area contributed by atoms with Crippen LogP contribution in [0, 0.1) is 0 Å². The first-order chi connectivity index (χ1) is 6.79. The molecule has 1 saturated carbocycles. The van der Waals surface area contributed by atoms with Crippen LogP contribution >= 0.6 is 0 Å². The SMILES string of the molecule is CCc1ccc(C(C)NC2CC2)cc1. The Morgan fingerprint density at radius 2 is 1.93 bits per heavy atom. The molecule has 14 heavy (non-hydrogen) atoms. The Hall–Kier alpha value is -0.820. The van der Waals surface area contributed by atoms with Gasteiger partial charge in [0.05, 0.1) is 0 Å². The zero-order chi connectivity index (χ0) is 9.97. The Balaban J connectivity index is 1.99. The van der Waals surface area contributed by atoms with E-state index in [0.29, 0.717) is 6.04 Å². The molecule has 1 aromatic carbocycles. The van der Waals surface area contributed by atoms with Crippen molar-refractivity contribution in [3.8, 4) is 0 Å². The van der Waals surface area contributed by atoms with Crippen molar-refractivity contribution in [1.82, 2.24) is 5.32 Å². The summed E-state index contributed by atoms with van der Waals surface area (Å²) in [4.78, 5) is 0. The minimum atomic E-state index is 0.508. The van der Waals surface area contributed by atoms with E-state index in [0.717, 1.165) is 12.5 Å². The van der Waals surface area contributed by atoms with Crippen LogP contribution in [0.4, 0.5) is 0 Å². The summed E-state index contributed by atoms with van der Waals surface area (Å²) in [7, 11) is 0. The summed E-state index contributed by atoms with van der Waals surface area (Å²) in [5.41, 5.74) is 2.83. The zero-order valence-corrected chi connectivity index (χ0v) is 9.09. The topological polar surface area (TPSA) is 12.0 Å². The highest BCUT2D eigenvalue weighted by atomic mass is 15.0. The second-order valence-corrected chi connectivity index (χ2v) is 4.26. The van der Waals surface area contributed by atoms with Crippen LogP contribution in [0.2, 0.25) is 0 Å². The predicted octanol–water partition coefficient (Wildman–Crippen LogP) is 3.06.